The molecule has 2 aliphatic rings. The SMILES string of the molecule is NNc1cnc(CN2CCN3C(=O)CCC3C2)cn1. The van der Waals surface area contributed by atoms with Gasteiger partial charge in [0.15, 0.2) is 5.82 Å². The zero-order chi connectivity index (χ0) is 13.2. The molecule has 0 saturated carbocycles. The van der Waals surface area contributed by atoms with Crippen LogP contribution < -0.4 is 11.3 Å². The van der Waals surface area contributed by atoms with Gasteiger partial charge in [-0.15, -0.1) is 0 Å². The van der Waals surface area contributed by atoms with Gasteiger partial charge < -0.3 is 10.3 Å². The average molecular weight is 262 g/mol. The van der Waals surface area contributed by atoms with Crippen LogP contribution in [0.3, 0.4) is 0 Å². The second kappa shape index (κ2) is 5.10. The summed E-state index contributed by atoms with van der Waals surface area (Å²) in [6.07, 6.45) is 5.05. The van der Waals surface area contributed by atoms with Crippen molar-refractivity contribution >= 4 is 11.7 Å². The van der Waals surface area contributed by atoms with Crippen molar-refractivity contribution in [1.82, 2.24) is 19.8 Å². The number of amides is 1. The Hall–Kier alpha value is -1.73. The Kier molecular flexibility index (Phi) is 3.31. The van der Waals surface area contributed by atoms with E-state index in [0.717, 1.165) is 38.3 Å². The molecule has 0 spiro atoms. The van der Waals surface area contributed by atoms with Crippen molar-refractivity contribution in [2.24, 2.45) is 5.84 Å². The minimum atomic E-state index is 0.308. The number of hydrogen-bond donors (Lipinski definition) is 2. The van der Waals surface area contributed by atoms with Gasteiger partial charge in [-0.25, -0.2) is 10.8 Å². The van der Waals surface area contributed by atoms with Crippen LogP contribution in [-0.4, -0.2) is 51.4 Å². The molecular formula is C12H18N6O. The van der Waals surface area contributed by atoms with Crippen molar-refractivity contribution in [1.29, 1.82) is 0 Å². The predicted molar refractivity (Wildman–Crippen MR) is 69.9 cm³/mol. The number of anilines is 1. The van der Waals surface area contributed by atoms with Gasteiger partial charge in [0.05, 0.1) is 18.1 Å². The van der Waals surface area contributed by atoms with E-state index in [0.29, 0.717) is 24.2 Å². The summed E-state index contributed by atoms with van der Waals surface area (Å²) in [5.74, 6) is 6.13. The third kappa shape index (κ3) is 2.52. The first-order valence-electron chi connectivity index (χ1n) is 6.55. The smallest absolute Gasteiger partial charge is 0.222 e. The molecule has 0 aliphatic carbocycles. The van der Waals surface area contributed by atoms with Gasteiger partial charge in [-0.3, -0.25) is 14.7 Å². The lowest BCUT2D eigenvalue weighted by Gasteiger charge is -2.37. The van der Waals surface area contributed by atoms with E-state index in [1.807, 2.05) is 4.90 Å². The summed E-state index contributed by atoms with van der Waals surface area (Å²) < 4.78 is 0. The summed E-state index contributed by atoms with van der Waals surface area (Å²) >= 11 is 0. The van der Waals surface area contributed by atoms with E-state index in [9.17, 15) is 4.79 Å². The lowest BCUT2D eigenvalue weighted by molar-refractivity contribution is -0.130. The fraction of sp³-hybridized carbons (Fsp3) is 0.583. The van der Waals surface area contributed by atoms with Crippen LogP contribution in [0.1, 0.15) is 18.5 Å². The quantitative estimate of drug-likeness (QED) is 0.567. The number of carbonyl (C=O) groups excluding carboxylic acids is 1. The van der Waals surface area contributed by atoms with Crippen LogP contribution in [-0.2, 0) is 11.3 Å². The van der Waals surface area contributed by atoms with Gasteiger partial charge in [0.1, 0.15) is 0 Å². The van der Waals surface area contributed by atoms with Crippen molar-refractivity contribution in [2.75, 3.05) is 25.1 Å². The second-order valence-corrected chi connectivity index (χ2v) is 5.05. The molecule has 19 heavy (non-hydrogen) atoms. The third-order valence-electron chi connectivity index (χ3n) is 3.82. The summed E-state index contributed by atoms with van der Waals surface area (Å²) in [6.45, 7) is 3.45. The van der Waals surface area contributed by atoms with E-state index < -0.39 is 0 Å². The lowest BCUT2D eigenvalue weighted by Crippen LogP contribution is -2.51. The molecule has 2 saturated heterocycles. The molecule has 1 atom stereocenters. The highest BCUT2D eigenvalue weighted by Crippen LogP contribution is 2.23. The van der Waals surface area contributed by atoms with E-state index in [-0.39, 0.29) is 0 Å². The predicted octanol–water partition coefficient (Wildman–Crippen LogP) is -0.431. The molecule has 0 aromatic carbocycles. The van der Waals surface area contributed by atoms with Crippen LogP contribution in [0, 0.1) is 0 Å². The molecule has 1 unspecified atom stereocenters. The zero-order valence-corrected chi connectivity index (χ0v) is 10.7. The van der Waals surface area contributed by atoms with Crippen LogP contribution in [0.5, 0.6) is 0 Å². The fourth-order valence-corrected chi connectivity index (χ4v) is 2.81. The van der Waals surface area contributed by atoms with Crippen LogP contribution in [0.15, 0.2) is 12.4 Å². The van der Waals surface area contributed by atoms with Crippen molar-refractivity contribution in [3.05, 3.63) is 18.1 Å². The molecule has 2 fully saturated rings. The maximum absolute atomic E-state index is 11.6. The molecule has 3 heterocycles. The number of rotatable bonds is 3. The highest BCUT2D eigenvalue weighted by molar-refractivity contribution is 5.78. The molecule has 3 N–H and O–H groups in total. The number of hydrogen-bond acceptors (Lipinski definition) is 6. The third-order valence-corrected chi connectivity index (χ3v) is 3.82. The number of nitrogen functional groups attached to an aromatic ring is 1. The summed E-state index contributed by atoms with van der Waals surface area (Å²) in [4.78, 5) is 24.4. The van der Waals surface area contributed by atoms with Gasteiger partial charge in [0.2, 0.25) is 5.91 Å². The van der Waals surface area contributed by atoms with Gasteiger partial charge in [-0.05, 0) is 6.42 Å². The maximum atomic E-state index is 11.6. The number of fused-ring (bicyclic) bond motifs is 1. The standard InChI is InChI=1S/C12H18N6O/c13-16-11-6-14-9(5-15-11)7-17-3-4-18-10(8-17)1-2-12(18)19/h5-6,10H,1-4,7-8,13H2,(H,15,16). The van der Waals surface area contributed by atoms with Crippen molar-refractivity contribution in [3.63, 3.8) is 0 Å². The van der Waals surface area contributed by atoms with E-state index >= 15 is 0 Å². The summed E-state index contributed by atoms with van der Waals surface area (Å²) in [6, 6.07) is 0.388. The fourth-order valence-electron chi connectivity index (χ4n) is 2.81. The highest BCUT2D eigenvalue weighted by Gasteiger charge is 2.35. The highest BCUT2D eigenvalue weighted by atomic mass is 16.2. The van der Waals surface area contributed by atoms with Crippen LogP contribution >= 0.6 is 0 Å². The van der Waals surface area contributed by atoms with Crippen molar-refractivity contribution < 1.29 is 4.79 Å². The monoisotopic (exact) mass is 262 g/mol. The topological polar surface area (TPSA) is 87.4 Å². The number of nitrogens with zero attached hydrogens (tertiary/aromatic N) is 4. The molecule has 7 heteroatoms. The summed E-state index contributed by atoms with van der Waals surface area (Å²) in [7, 11) is 0. The number of aromatic nitrogens is 2. The lowest BCUT2D eigenvalue weighted by atomic mass is 10.1. The van der Waals surface area contributed by atoms with Gasteiger partial charge >= 0.3 is 0 Å². The van der Waals surface area contributed by atoms with Gasteiger partial charge in [0, 0.05) is 38.6 Å². The molecule has 1 aromatic rings. The second-order valence-electron chi connectivity index (χ2n) is 5.05. The van der Waals surface area contributed by atoms with E-state index in [1.165, 1.54) is 0 Å². The molecule has 1 amide bonds. The zero-order valence-electron chi connectivity index (χ0n) is 10.7. The number of hydrazine groups is 1. The average Bonchev–Trinajstić information content (AvgIpc) is 2.81. The Bertz CT molecular complexity index is 462. The molecule has 1 aromatic heterocycles. The van der Waals surface area contributed by atoms with Gasteiger partial charge in [0.25, 0.3) is 0 Å². The molecule has 0 radical (unpaired) electrons. The Morgan fingerprint density at radius 1 is 1.37 bits per heavy atom. The normalized spacial score (nSPS) is 23.5. The van der Waals surface area contributed by atoms with Crippen LogP contribution in [0.4, 0.5) is 5.82 Å². The summed E-state index contributed by atoms with van der Waals surface area (Å²) in [5, 5.41) is 0. The minimum absolute atomic E-state index is 0.308. The first kappa shape index (κ1) is 12.3. The Morgan fingerprint density at radius 2 is 2.26 bits per heavy atom. The van der Waals surface area contributed by atoms with Gasteiger partial charge in [-0.1, -0.05) is 0 Å². The Balaban J connectivity index is 1.60. The van der Waals surface area contributed by atoms with Crippen LogP contribution in [0.25, 0.3) is 0 Å². The molecule has 0 bridgehead atoms. The molecule has 3 rings (SSSR count). The van der Waals surface area contributed by atoms with E-state index in [2.05, 4.69) is 20.3 Å². The Labute approximate surface area is 111 Å². The minimum Gasteiger partial charge on any atom is -0.337 e. The summed E-state index contributed by atoms with van der Waals surface area (Å²) in [5.41, 5.74) is 3.39. The van der Waals surface area contributed by atoms with E-state index in [4.69, 9.17) is 5.84 Å². The van der Waals surface area contributed by atoms with Crippen molar-refractivity contribution in [3.8, 4) is 0 Å². The molecule has 2 aliphatic heterocycles. The largest absolute Gasteiger partial charge is 0.337 e. The maximum Gasteiger partial charge on any atom is 0.222 e. The number of piperazine rings is 1. The number of carbonyl (C=O) groups is 1. The van der Waals surface area contributed by atoms with E-state index in [1.54, 1.807) is 12.4 Å². The number of nitrogens with one attached hydrogen (secondary N) is 1. The van der Waals surface area contributed by atoms with Gasteiger partial charge in [-0.2, -0.15) is 0 Å². The molecule has 7 nitrogen and oxygen atoms in total. The van der Waals surface area contributed by atoms with Crippen LogP contribution in [0.2, 0.25) is 0 Å². The number of nitrogens with two attached hydrogens (primary N) is 1. The van der Waals surface area contributed by atoms with Crippen molar-refractivity contribution in [2.45, 2.75) is 25.4 Å². The first-order chi connectivity index (χ1) is 9.26. The molecular weight excluding hydrogens is 244 g/mol. The molecule has 102 valence electrons. The Morgan fingerprint density at radius 3 is 3.00 bits per heavy atom. The first-order valence-corrected chi connectivity index (χ1v) is 6.55.